The van der Waals surface area contributed by atoms with E-state index in [1.165, 1.54) is 5.56 Å². The Bertz CT molecular complexity index is 539. The van der Waals surface area contributed by atoms with Gasteiger partial charge in [0, 0.05) is 6.04 Å². The fraction of sp³-hybridized carbons (Fsp3) is 0.600. The van der Waals surface area contributed by atoms with E-state index in [1.807, 2.05) is 33.0 Å². The Hall–Kier alpha value is -0.870. The van der Waals surface area contributed by atoms with Gasteiger partial charge in [0.25, 0.3) is 0 Å². The van der Waals surface area contributed by atoms with Crippen molar-refractivity contribution in [2.45, 2.75) is 49.7 Å². The van der Waals surface area contributed by atoms with Crippen LogP contribution in [0.4, 0.5) is 0 Å². The van der Waals surface area contributed by atoms with Crippen LogP contribution in [0.3, 0.4) is 0 Å². The Balaban J connectivity index is 2.40. The van der Waals surface area contributed by atoms with Crippen LogP contribution >= 0.6 is 0 Å². The highest BCUT2D eigenvalue weighted by atomic mass is 32.2. The Kier molecular flexibility index (Phi) is 4.31. The van der Waals surface area contributed by atoms with E-state index >= 15 is 0 Å². The first-order chi connectivity index (χ1) is 9.02. The maximum absolute atomic E-state index is 12.7. The van der Waals surface area contributed by atoms with E-state index in [0.29, 0.717) is 6.42 Å². The van der Waals surface area contributed by atoms with Crippen molar-refractivity contribution in [2.24, 2.45) is 0 Å². The van der Waals surface area contributed by atoms with Gasteiger partial charge in [-0.05, 0) is 44.4 Å². The normalized spacial score (nSPS) is 24.8. The van der Waals surface area contributed by atoms with Gasteiger partial charge in [-0.15, -0.1) is 0 Å². The summed E-state index contributed by atoms with van der Waals surface area (Å²) < 4.78 is 25.3. The molecule has 3 nitrogen and oxygen atoms in total. The van der Waals surface area contributed by atoms with Gasteiger partial charge in [0.05, 0.1) is 10.5 Å². The van der Waals surface area contributed by atoms with Crippen LogP contribution in [-0.4, -0.2) is 26.0 Å². The van der Waals surface area contributed by atoms with Gasteiger partial charge in [0.2, 0.25) is 0 Å². The molecule has 106 valence electrons. The molecular formula is C15H23NO2S. The summed E-state index contributed by atoms with van der Waals surface area (Å²) in [6.07, 6.45) is 2.25. The number of aryl methyl sites for hydroxylation is 1. The molecule has 1 aromatic rings. The summed E-state index contributed by atoms with van der Waals surface area (Å²) in [7, 11) is -1.23. The molecule has 0 saturated heterocycles. The molecule has 0 aromatic heterocycles. The molecule has 3 unspecified atom stereocenters. The van der Waals surface area contributed by atoms with Crippen LogP contribution in [0.1, 0.15) is 43.9 Å². The van der Waals surface area contributed by atoms with Crippen molar-refractivity contribution in [3.05, 3.63) is 35.4 Å². The number of rotatable bonds is 4. The monoisotopic (exact) mass is 281 g/mol. The molecule has 0 aliphatic heterocycles. The second-order valence-electron chi connectivity index (χ2n) is 5.35. The van der Waals surface area contributed by atoms with E-state index in [-0.39, 0.29) is 16.5 Å². The second-order valence-corrected chi connectivity index (χ2v) is 7.94. The van der Waals surface area contributed by atoms with Crippen molar-refractivity contribution in [1.29, 1.82) is 0 Å². The fourth-order valence-corrected chi connectivity index (χ4v) is 5.13. The van der Waals surface area contributed by atoms with E-state index in [9.17, 15) is 8.42 Å². The summed E-state index contributed by atoms with van der Waals surface area (Å²) >= 11 is 0. The highest BCUT2D eigenvalue weighted by Gasteiger charge is 2.39. The molecule has 0 radical (unpaired) electrons. The molecule has 1 aliphatic rings. The number of benzene rings is 1. The molecule has 2 rings (SSSR count). The minimum Gasteiger partial charge on any atom is -0.312 e. The summed E-state index contributed by atoms with van der Waals surface area (Å²) in [5, 5.41) is 2.65. The van der Waals surface area contributed by atoms with Crippen LogP contribution < -0.4 is 5.32 Å². The van der Waals surface area contributed by atoms with Crippen LogP contribution in [-0.2, 0) is 16.3 Å². The average Bonchev–Trinajstić information content (AvgIpc) is 2.44. The van der Waals surface area contributed by atoms with Crippen LogP contribution in [0.5, 0.6) is 0 Å². The molecule has 19 heavy (non-hydrogen) atoms. The molecule has 4 heteroatoms. The van der Waals surface area contributed by atoms with E-state index in [0.717, 1.165) is 18.4 Å². The van der Waals surface area contributed by atoms with Crippen molar-refractivity contribution in [1.82, 2.24) is 5.32 Å². The van der Waals surface area contributed by atoms with Gasteiger partial charge in [-0.1, -0.05) is 31.2 Å². The van der Waals surface area contributed by atoms with Crippen molar-refractivity contribution < 1.29 is 8.42 Å². The Morgan fingerprint density at radius 2 is 2.05 bits per heavy atom. The molecule has 0 amide bonds. The number of sulfone groups is 1. The van der Waals surface area contributed by atoms with Crippen molar-refractivity contribution in [2.75, 3.05) is 7.05 Å². The summed E-state index contributed by atoms with van der Waals surface area (Å²) in [5.41, 5.74) is 2.42. The predicted molar refractivity (Wildman–Crippen MR) is 79.0 cm³/mol. The average molecular weight is 281 g/mol. The van der Waals surface area contributed by atoms with E-state index in [4.69, 9.17) is 0 Å². The minimum atomic E-state index is -3.08. The quantitative estimate of drug-likeness (QED) is 0.922. The van der Waals surface area contributed by atoms with Crippen LogP contribution in [0.15, 0.2) is 24.3 Å². The lowest BCUT2D eigenvalue weighted by atomic mass is 9.87. The number of fused-ring (bicyclic) bond motifs is 1. The Morgan fingerprint density at radius 1 is 1.37 bits per heavy atom. The highest BCUT2D eigenvalue weighted by Crippen LogP contribution is 2.35. The van der Waals surface area contributed by atoms with Crippen LogP contribution in [0.25, 0.3) is 0 Å². The van der Waals surface area contributed by atoms with E-state index < -0.39 is 9.84 Å². The third kappa shape index (κ3) is 2.56. The molecule has 0 heterocycles. The molecule has 0 fully saturated rings. The molecule has 0 saturated carbocycles. The van der Waals surface area contributed by atoms with Crippen LogP contribution in [0, 0.1) is 0 Å². The zero-order valence-electron chi connectivity index (χ0n) is 11.9. The Labute approximate surface area is 116 Å². The molecule has 3 atom stereocenters. The van der Waals surface area contributed by atoms with Crippen molar-refractivity contribution in [3.8, 4) is 0 Å². The van der Waals surface area contributed by atoms with Gasteiger partial charge in [-0.25, -0.2) is 8.42 Å². The lowest BCUT2D eigenvalue weighted by Gasteiger charge is -2.34. The molecule has 1 N–H and O–H groups in total. The second kappa shape index (κ2) is 5.63. The summed E-state index contributed by atoms with van der Waals surface area (Å²) in [6, 6.07) is 8.08. The largest absolute Gasteiger partial charge is 0.312 e. The smallest absolute Gasteiger partial charge is 0.157 e. The lowest BCUT2D eigenvalue weighted by molar-refractivity contribution is 0.469. The molecule has 0 bridgehead atoms. The first-order valence-electron chi connectivity index (χ1n) is 7.00. The zero-order chi connectivity index (χ0) is 14.0. The number of hydrogen-bond acceptors (Lipinski definition) is 3. The van der Waals surface area contributed by atoms with Crippen molar-refractivity contribution >= 4 is 9.84 Å². The van der Waals surface area contributed by atoms with Crippen LogP contribution in [0.2, 0.25) is 0 Å². The van der Waals surface area contributed by atoms with Gasteiger partial charge in [0.15, 0.2) is 9.84 Å². The first-order valence-corrected chi connectivity index (χ1v) is 8.61. The standard InChI is InChI=1S/C15H23NO2S/c1-4-11(2)19(17,18)14-10-9-12-7-5-6-8-13(12)15(14)16-3/h5-8,11,14-16H,4,9-10H2,1-3H3. The van der Waals surface area contributed by atoms with Gasteiger partial charge in [-0.3, -0.25) is 0 Å². The topological polar surface area (TPSA) is 46.2 Å². The summed E-state index contributed by atoms with van der Waals surface area (Å²) in [5.74, 6) is 0. The SMILES string of the molecule is CCC(C)S(=O)(=O)C1CCc2ccccc2C1NC. The number of hydrogen-bond donors (Lipinski definition) is 1. The fourth-order valence-electron chi connectivity index (χ4n) is 2.96. The summed E-state index contributed by atoms with van der Waals surface area (Å²) in [4.78, 5) is 0. The van der Waals surface area contributed by atoms with E-state index in [1.54, 1.807) is 0 Å². The van der Waals surface area contributed by atoms with Gasteiger partial charge >= 0.3 is 0 Å². The maximum atomic E-state index is 12.7. The van der Waals surface area contributed by atoms with Gasteiger partial charge < -0.3 is 5.32 Å². The minimum absolute atomic E-state index is 0.0797. The lowest BCUT2D eigenvalue weighted by Crippen LogP contribution is -2.42. The predicted octanol–water partition coefficient (Wildman–Crippen LogP) is 2.48. The molecule has 1 aliphatic carbocycles. The Morgan fingerprint density at radius 3 is 2.68 bits per heavy atom. The third-order valence-corrected chi connectivity index (χ3v) is 7.14. The molecule has 0 spiro atoms. The number of nitrogens with one attached hydrogen (secondary N) is 1. The molecular weight excluding hydrogens is 258 g/mol. The maximum Gasteiger partial charge on any atom is 0.157 e. The highest BCUT2D eigenvalue weighted by molar-refractivity contribution is 7.92. The zero-order valence-corrected chi connectivity index (χ0v) is 12.7. The van der Waals surface area contributed by atoms with Crippen molar-refractivity contribution in [3.63, 3.8) is 0 Å². The van der Waals surface area contributed by atoms with E-state index in [2.05, 4.69) is 17.4 Å². The summed E-state index contributed by atoms with van der Waals surface area (Å²) in [6.45, 7) is 3.76. The third-order valence-electron chi connectivity index (χ3n) is 4.33. The molecule has 1 aromatic carbocycles. The van der Waals surface area contributed by atoms with Gasteiger partial charge in [0.1, 0.15) is 0 Å². The first kappa shape index (κ1) is 14.5. The van der Waals surface area contributed by atoms with Gasteiger partial charge in [-0.2, -0.15) is 0 Å².